The van der Waals surface area contributed by atoms with Crippen LogP contribution in [-0.4, -0.2) is 37.6 Å². The van der Waals surface area contributed by atoms with E-state index in [1.165, 1.54) is 64.6 Å². The molecule has 0 heterocycles. The lowest BCUT2D eigenvalue weighted by molar-refractivity contribution is 0.216. The number of likely N-dealkylation sites (N-methyl/N-ethyl adjacent to an activating group) is 1. The minimum Gasteiger partial charge on any atom is -0.312 e. The largest absolute Gasteiger partial charge is 0.312 e. The van der Waals surface area contributed by atoms with E-state index >= 15 is 0 Å². The number of fused-ring (bicyclic) bond motifs is 2. The van der Waals surface area contributed by atoms with E-state index in [4.69, 9.17) is 0 Å². The quantitative estimate of drug-likeness (QED) is 0.733. The molecule has 3 unspecified atom stereocenters. The van der Waals surface area contributed by atoms with Gasteiger partial charge >= 0.3 is 0 Å². The van der Waals surface area contributed by atoms with Gasteiger partial charge in [-0.2, -0.15) is 0 Å². The number of nitrogens with zero attached hydrogens (tertiary/aromatic N) is 1. The van der Waals surface area contributed by atoms with Crippen molar-refractivity contribution in [3.8, 4) is 0 Å². The van der Waals surface area contributed by atoms with Gasteiger partial charge < -0.3 is 10.2 Å². The fourth-order valence-corrected chi connectivity index (χ4v) is 5.14. The molecule has 4 aliphatic rings. The summed E-state index contributed by atoms with van der Waals surface area (Å²) in [7, 11) is 2.34. The Hall–Kier alpha value is -0.0800. The van der Waals surface area contributed by atoms with Crippen molar-refractivity contribution >= 4 is 0 Å². The summed E-state index contributed by atoms with van der Waals surface area (Å²) in [6.45, 7) is 3.83. The summed E-state index contributed by atoms with van der Waals surface area (Å²) in [5.41, 5.74) is 0. The van der Waals surface area contributed by atoms with Crippen LogP contribution in [0.4, 0.5) is 0 Å². The third-order valence-corrected chi connectivity index (χ3v) is 6.56. The molecule has 1 N–H and O–H groups in total. The van der Waals surface area contributed by atoms with E-state index in [2.05, 4.69) is 17.3 Å². The predicted octanol–water partition coefficient (Wildman–Crippen LogP) is 3.13. The van der Waals surface area contributed by atoms with Crippen LogP contribution in [0.25, 0.3) is 0 Å². The first kappa shape index (κ1) is 13.6. The zero-order chi connectivity index (χ0) is 13.5. The van der Waals surface area contributed by atoms with Gasteiger partial charge in [0.05, 0.1) is 0 Å². The van der Waals surface area contributed by atoms with Gasteiger partial charge in [-0.25, -0.2) is 0 Å². The van der Waals surface area contributed by atoms with Crippen molar-refractivity contribution in [3.05, 3.63) is 0 Å². The van der Waals surface area contributed by atoms with E-state index in [0.29, 0.717) is 0 Å². The van der Waals surface area contributed by atoms with Crippen LogP contribution in [0.15, 0.2) is 0 Å². The van der Waals surface area contributed by atoms with Gasteiger partial charge in [0.2, 0.25) is 0 Å². The third kappa shape index (κ3) is 3.06. The molecule has 4 saturated carbocycles. The normalized spacial score (nSPS) is 36.5. The van der Waals surface area contributed by atoms with Crippen LogP contribution in [0.2, 0.25) is 0 Å². The lowest BCUT2D eigenvalue weighted by Gasteiger charge is -2.28. The molecule has 0 radical (unpaired) electrons. The Bertz CT molecular complexity index is 322. The molecule has 4 fully saturated rings. The average molecular weight is 276 g/mol. The molecule has 114 valence electrons. The highest BCUT2D eigenvalue weighted by molar-refractivity contribution is 4.96. The monoisotopic (exact) mass is 276 g/mol. The van der Waals surface area contributed by atoms with Crippen molar-refractivity contribution in [1.82, 2.24) is 10.2 Å². The minimum absolute atomic E-state index is 0.880. The maximum atomic E-state index is 3.89. The molecule has 0 aromatic carbocycles. The first-order chi connectivity index (χ1) is 9.79. The van der Waals surface area contributed by atoms with Crippen molar-refractivity contribution in [2.45, 2.75) is 57.4 Å². The zero-order valence-electron chi connectivity index (χ0n) is 13.2. The SMILES string of the molecule is CN(CCNC(C1CC1)C1CC1)CC1CC2CCC1C2. The smallest absolute Gasteiger partial charge is 0.0124 e. The first-order valence-electron chi connectivity index (χ1n) is 9.21. The summed E-state index contributed by atoms with van der Waals surface area (Å²) in [6.07, 6.45) is 12.1. The van der Waals surface area contributed by atoms with Gasteiger partial charge in [0, 0.05) is 25.7 Å². The molecule has 4 rings (SSSR count). The van der Waals surface area contributed by atoms with Crippen molar-refractivity contribution in [2.24, 2.45) is 29.6 Å². The van der Waals surface area contributed by atoms with E-state index < -0.39 is 0 Å². The second-order valence-electron chi connectivity index (χ2n) is 8.35. The molecule has 0 spiro atoms. The van der Waals surface area contributed by atoms with Crippen LogP contribution < -0.4 is 5.32 Å². The summed E-state index contributed by atoms with van der Waals surface area (Å²) in [5, 5.41) is 3.89. The van der Waals surface area contributed by atoms with Gasteiger partial charge in [-0.15, -0.1) is 0 Å². The second kappa shape index (κ2) is 5.61. The van der Waals surface area contributed by atoms with Crippen LogP contribution in [0.3, 0.4) is 0 Å². The summed E-state index contributed by atoms with van der Waals surface area (Å²) in [6, 6.07) is 0.880. The van der Waals surface area contributed by atoms with Gasteiger partial charge in [-0.1, -0.05) is 6.42 Å². The molecule has 2 bridgehead atoms. The van der Waals surface area contributed by atoms with Crippen LogP contribution in [0.1, 0.15) is 51.4 Å². The summed E-state index contributed by atoms with van der Waals surface area (Å²) >= 11 is 0. The lowest BCUT2D eigenvalue weighted by atomic mass is 9.88. The highest BCUT2D eigenvalue weighted by Gasteiger charge is 2.41. The average Bonchev–Trinajstić information content (AvgIpc) is 3.36. The van der Waals surface area contributed by atoms with Gasteiger partial charge in [0.25, 0.3) is 0 Å². The zero-order valence-corrected chi connectivity index (χ0v) is 13.2. The molecule has 2 heteroatoms. The molecule has 2 nitrogen and oxygen atoms in total. The molecule has 0 aromatic rings. The van der Waals surface area contributed by atoms with Gasteiger partial charge in [-0.3, -0.25) is 0 Å². The van der Waals surface area contributed by atoms with Crippen molar-refractivity contribution in [3.63, 3.8) is 0 Å². The topological polar surface area (TPSA) is 15.3 Å². The van der Waals surface area contributed by atoms with Gasteiger partial charge in [0.1, 0.15) is 0 Å². The minimum atomic E-state index is 0.880. The third-order valence-electron chi connectivity index (χ3n) is 6.56. The molecule has 0 saturated heterocycles. The number of hydrogen-bond donors (Lipinski definition) is 1. The van der Waals surface area contributed by atoms with Crippen LogP contribution >= 0.6 is 0 Å². The summed E-state index contributed by atoms with van der Waals surface area (Å²) < 4.78 is 0. The van der Waals surface area contributed by atoms with Crippen molar-refractivity contribution in [2.75, 3.05) is 26.7 Å². The van der Waals surface area contributed by atoms with Gasteiger partial charge in [0.15, 0.2) is 0 Å². The molecule has 0 aliphatic heterocycles. The number of hydrogen-bond acceptors (Lipinski definition) is 2. The van der Waals surface area contributed by atoms with Crippen molar-refractivity contribution < 1.29 is 0 Å². The first-order valence-corrected chi connectivity index (χ1v) is 9.21. The molecule has 0 aromatic heterocycles. The Labute approximate surface area is 124 Å². The van der Waals surface area contributed by atoms with E-state index in [0.717, 1.165) is 35.6 Å². The molecular weight excluding hydrogens is 244 g/mol. The van der Waals surface area contributed by atoms with Crippen LogP contribution in [-0.2, 0) is 0 Å². The lowest BCUT2D eigenvalue weighted by Crippen LogP contribution is -2.40. The van der Waals surface area contributed by atoms with Crippen molar-refractivity contribution in [1.29, 1.82) is 0 Å². The van der Waals surface area contributed by atoms with Gasteiger partial charge in [-0.05, 0) is 81.6 Å². The Balaban J connectivity index is 1.16. The number of rotatable bonds is 8. The highest BCUT2D eigenvalue weighted by atomic mass is 15.1. The van der Waals surface area contributed by atoms with Crippen LogP contribution in [0.5, 0.6) is 0 Å². The van der Waals surface area contributed by atoms with Crippen LogP contribution in [0, 0.1) is 29.6 Å². The predicted molar refractivity (Wildman–Crippen MR) is 83.7 cm³/mol. The fourth-order valence-electron chi connectivity index (χ4n) is 5.14. The Kier molecular flexibility index (Phi) is 3.80. The summed E-state index contributed by atoms with van der Waals surface area (Å²) in [5.74, 6) is 5.30. The maximum Gasteiger partial charge on any atom is 0.0124 e. The van der Waals surface area contributed by atoms with E-state index in [1.807, 2.05) is 0 Å². The van der Waals surface area contributed by atoms with E-state index in [-0.39, 0.29) is 0 Å². The molecule has 0 amide bonds. The molecule has 4 aliphatic carbocycles. The standard InChI is InChI=1S/C18H32N2/c1-20(12-17-11-13-2-3-16(17)10-13)9-8-19-18(14-4-5-14)15-6-7-15/h13-19H,2-12H2,1H3. The fraction of sp³-hybridized carbons (Fsp3) is 1.00. The Morgan fingerprint density at radius 3 is 2.30 bits per heavy atom. The maximum absolute atomic E-state index is 3.89. The highest BCUT2D eigenvalue weighted by Crippen LogP contribution is 2.48. The second-order valence-corrected chi connectivity index (χ2v) is 8.35. The Morgan fingerprint density at radius 2 is 1.75 bits per heavy atom. The molecule has 20 heavy (non-hydrogen) atoms. The molecular formula is C18H32N2. The van der Waals surface area contributed by atoms with E-state index in [1.54, 1.807) is 6.42 Å². The number of nitrogens with one attached hydrogen (secondary N) is 1. The van der Waals surface area contributed by atoms with E-state index in [9.17, 15) is 0 Å². The molecule has 3 atom stereocenters. The Morgan fingerprint density at radius 1 is 1.00 bits per heavy atom. The summed E-state index contributed by atoms with van der Waals surface area (Å²) in [4.78, 5) is 2.61.